The van der Waals surface area contributed by atoms with Crippen molar-refractivity contribution in [2.24, 2.45) is 0 Å². The van der Waals surface area contributed by atoms with E-state index in [2.05, 4.69) is 7.48 Å². The number of carbonyl (C=O) groups excluding carboxylic acids is 3. The molecule has 3 amide bonds. The van der Waals surface area contributed by atoms with Gasteiger partial charge in [0.05, 0.1) is 0 Å². The van der Waals surface area contributed by atoms with Gasteiger partial charge in [0.15, 0.2) is 0 Å². The first-order valence-corrected chi connectivity index (χ1v) is 7.68. The quantitative estimate of drug-likeness (QED) is 0.159. The fourth-order valence-electron chi connectivity index (χ4n) is 0.611. The average molecular weight is 410 g/mol. The van der Waals surface area contributed by atoms with Crippen molar-refractivity contribution in [3.05, 3.63) is 12.2 Å². The van der Waals surface area contributed by atoms with Crippen LogP contribution in [0.5, 0.6) is 0 Å². The third-order valence-corrected chi connectivity index (χ3v) is 5.10. The van der Waals surface area contributed by atoms with Gasteiger partial charge in [-0.05, 0) is 0 Å². The molecular formula is C5H6I2N3O3-. The molecule has 1 aliphatic rings. The Morgan fingerprint density at radius 1 is 1.38 bits per heavy atom. The summed E-state index contributed by atoms with van der Waals surface area (Å²) < 4.78 is 6.84. The molecule has 6 nitrogen and oxygen atoms in total. The standard InChI is InChI=1S/C5H6I2N3O3/c8-7-9-5(13)6-10-3(11)1-2-4(10)12/h1-2H,8H3,(H,9,13)/q-1. The van der Waals surface area contributed by atoms with Crippen molar-refractivity contribution in [3.63, 3.8) is 0 Å². The van der Waals surface area contributed by atoms with E-state index in [0.29, 0.717) is 0 Å². The Hall–Kier alpha value is -0.230. The van der Waals surface area contributed by atoms with Gasteiger partial charge in [0.2, 0.25) is 0 Å². The summed E-state index contributed by atoms with van der Waals surface area (Å²) in [6.07, 6.45) is 2.35. The Morgan fingerprint density at radius 3 is 2.38 bits per heavy atom. The Bertz CT molecular complexity index is 273. The fraction of sp³-hybridized carbons (Fsp3) is 0. The topological polar surface area (TPSA) is 94.1 Å². The van der Waals surface area contributed by atoms with Gasteiger partial charge in [-0.25, -0.2) is 0 Å². The summed E-state index contributed by atoms with van der Waals surface area (Å²) in [6, 6.07) is 0. The normalized spacial score (nSPS) is 15.9. The van der Waals surface area contributed by atoms with Gasteiger partial charge in [0, 0.05) is 0 Å². The van der Waals surface area contributed by atoms with E-state index in [9.17, 15) is 14.4 Å². The van der Waals surface area contributed by atoms with Crippen LogP contribution >= 0.6 is 0 Å². The van der Waals surface area contributed by atoms with Gasteiger partial charge < -0.3 is 0 Å². The van der Waals surface area contributed by atoms with Crippen LogP contribution in [-0.4, -0.2) is 18.8 Å². The molecule has 1 rings (SSSR count). The minimum absolute atomic E-state index is 0.230. The Balaban J connectivity index is 2.50. The van der Waals surface area contributed by atoms with Crippen LogP contribution in [0.3, 0.4) is 0 Å². The number of carbonyl (C=O) groups is 3. The molecule has 0 saturated carbocycles. The second kappa shape index (κ2) is 4.85. The molecule has 1 aliphatic heterocycles. The van der Waals surface area contributed by atoms with E-state index in [-0.39, 0.29) is 3.91 Å². The monoisotopic (exact) mass is 410 g/mol. The molecule has 0 fully saturated rings. The zero-order chi connectivity index (χ0) is 9.84. The van der Waals surface area contributed by atoms with Crippen molar-refractivity contribution in [2.45, 2.75) is 0 Å². The molecule has 0 aliphatic carbocycles. The number of amides is 3. The van der Waals surface area contributed by atoms with Crippen LogP contribution in [0.4, 0.5) is 4.79 Å². The molecule has 0 radical (unpaired) electrons. The van der Waals surface area contributed by atoms with Gasteiger partial charge in [0.1, 0.15) is 0 Å². The summed E-state index contributed by atoms with van der Waals surface area (Å²) in [5, 5.41) is 0. The van der Waals surface area contributed by atoms with Gasteiger partial charge in [-0.3, -0.25) is 0 Å². The zero-order valence-electron chi connectivity index (χ0n) is 6.29. The number of rotatable bonds is 3. The van der Waals surface area contributed by atoms with Crippen molar-refractivity contribution in [2.75, 3.05) is 0 Å². The van der Waals surface area contributed by atoms with E-state index in [1.54, 1.807) is 0 Å². The first-order chi connectivity index (χ1) is 6.15. The summed E-state index contributed by atoms with van der Waals surface area (Å²) in [4.78, 5) is 33.0. The third-order valence-electron chi connectivity index (χ3n) is 1.06. The summed E-state index contributed by atoms with van der Waals surface area (Å²) in [5.41, 5.74) is 0. The molecule has 0 bridgehead atoms. The van der Waals surface area contributed by atoms with E-state index in [4.69, 9.17) is 0 Å². The zero-order valence-corrected chi connectivity index (χ0v) is 10.6. The van der Waals surface area contributed by atoms with Gasteiger partial charge in [0.25, 0.3) is 0 Å². The van der Waals surface area contributed by atoms with E-state index in [1.165, 1.54) is 12.2 Å². The van der Waals surface area contributed by atoms with E-state index >= 15 is 0 Å². The van der Waals surface area contributed by atoms with Gasteiger partial charge in [-0.1, -0.05) is 0 Å². The predicted octanol–water partition coefficient (Wildman–Crippen LogP) is -8.21. The molecule has 0 aromatic carbocycles. The second-order valence-electron chi connectivity index (χ2n) is 1.88. The predicted molar refractivity (Wildman–Crippen MR) is 32.4 cm³/mol. The Kier molecular flexibility index (Phi) is 4.05. The third kappa shape index (κ3) is 2.87. The molecule has 0 unspecified atom stereocenters. The van der Waals surface area contributed by atoms with Crippen molar-refractivity contribution >= 4 is 15.7 Å². The number of nitrogens with one attached hydrogen (secondary N) is 1. The van der Waals surface area contributed by atoms with Gasteiger partial charge >= 0.3 is 96.1 Å². The summed E-state index contributed by atoms with van der Waals surface area (Å²) >= 11 is -1.79. The van der Waals surface area contributed by atoms with Crippen molar-refractivity contribution in [1.29, 1.82) is 0 Å². The van der Waals surface area contributed by atoms with Gasteiger partial charge in [-0.15, -0.1) is 0 Å². The summed E-state index contributed by atoms with van der Waals surface area (Å²) in [6.45, 7) is 0. The average Bonchev–Trinajstić information content (AvgIpc) is 2.36. The van der Waals surface area contributed by atoms with Crippen LogP contribution in [0.25, 0.3) is 0 Å². The fourth-order valence-corrected chi connectivity index (χ4v) is 3.82. The number of imide groups is 1. The maximum atomic E-state index is 11.0. The Morgan fingerprint density at radius 2 is 1.92 bits per heavy atom. The molecule has 0 saturated heterocycles. The molecule has 0 spiro atoms. The first-order valence-electron chi connectivity index (χ1n) is 3.03. The molecular weight excluding hydrogens is 404 g/mol. The molecule has 0 atom stereocenters. The number of halogens is 2. The molecule has 0 aromatic rings. The van der Waals surface area contributed by atoms with Crippen LogP contribution in [0.2, 0.25) is 0 Å². The van der Waals surface area contributed by atoms with Crippen LogP contribution < -0.4 is 50.7 Å². The SMILES string of the molecule is [NH3+][I-]NC(=O)[I-]N1C(=O)C=CC1=O. The molecule has 8 heteroatoms. The maximum absolute atomic E-state index is 11.0. The minimum atomic E-state index is -1.22. The molecule has 0 aromatic heterocycles. The van der Waals surface area contributed by atoms with E-state index < -0.39 is 55.0 Å². The van der Waals surface area contributed by atoms with Crippen molar-refractivity contribution in [1.82, 2.24) is 6.64 Å². The number of hydrogen-bond acceptors (Lipinski definition) is 3. The number of hydrogen-bond donors (Lipinski definition) is 2. The van der Waals surface area contributed by atoms with Crippen LogP contribution in [0.15, 0.2) is 12.2 Å². The molecule has 74 valence electrons. The van der Waals surface area contributed by atoms with E-state index in [1.807, 2.05) is 0 Å². The molecule has 4 N–H and O–H groups in total. The number of nitrogens with zero attached hydrogens (tertiary/aromatic N) is 1. The molecule has 1 heterocycles. The Labute approximate surface area is 95.5 Å². The van der Waals surface area contributed by atoms with Crippen LogP contribution in [-0.2, 0) is 9.59 Å². The second-order valence-corrected chi connectivity index (χ2v) is 5.61. The van der Waals surface area contributed by atoms with E-state index in [0.717, 1.165) is 3.11 Å². The summed E-state index contributed by atoms with van der Waals surface area (Å²) in [7, 11) is 0. The number of quaternary nitrogens is 1. The molecule has 13 heavy (non-hydrogen) atoms. The van der Waals surface area contributed by atoms with Gasteiger partial charge in [-0.2, -0.15) is 0 Å². The van der Waals surface area contributed by atoms with Crippen LogP contribution in [0, 0.1) is 0 Å². The summed E-state index contributed by atoms with van der Waals surface area (Å²) in [5.74, 6) is -0.787. The van der Waals surface area contributed by atoms with Crippen molar-refractivity contribution in [3.8, 4) is 0 Å². The van der Waals surface area contributed by atoms with Crippen molar-refractivity contribution < 1.29 is 61.6 Å². The first kappa shape index (κ1) is 10.8. The van der Waals surface area contributed by atoms with Crippen LogP contribution in [0.1, 0.15) is 0 Å².